The molecular weight excluding hydrogens is 266 g/mol. The van der Waals surface area contributed by atoms with E-state index < -0.39 is 0 Å². The Hall–Kier alpha value is -1.48. The summed E-state index contributed by atoms with van der Waals surface area (Å²) in [6.07, 6.45) is 4.98. The van der Waals surface area contributed by atoms with Crippen LogP contribution in [0.1, 0.15) is 38.3 Å². The molecule has 1 N–H and O–H groups in total. The van der Waals surface area contributed by atoms with Gasteiger partial charge in [-0.15, -0.1) is 0 Å². The van der Waals surface area contributed by atoms with Crippen LogP contribution in [0, 0.1) is 12.3 Å². The molecule has 0 atom stereocenters. The molecule has 2 nitrogen and oxygen atoms in total. The van der Waals surface area contributed by atoms with Crippen molar-refractivity contribution in [2.45, 2.75) is 34.1 Å². The van der Waals surface area contributed by atoms with Crippen molar-refractivity contribution < 1.29 is 5.21 Å². The lowest BCUT2D eigenvalue weighted by molar-refractivity contribution is 0.321. The molecule has 106 valence electrons. The van der Waals surface area contributed by atoms with Crippen molar-refractivity contribution in [2.24, 2.45) is 10.6 Å². The van der Waals surface area contributed by atoms with Crippen molar-refractivity contribution in [1.29, 1.82) is 0 Å². The Bertz CT molecular complexity index is 597. The average molecular weight is 287 g/mol. The highest BCUT2D eigenvalue weighted by atomic mass is 32.2. The van der Waals surface area contributed by atoms with E-state index in [9.17, 15) is 0 Å². The summed E-state index contributed by atoms with van der Waals surface area (Å²) < 4.78 is 0. The summed E-state index contributed by atoms with van der Waals surface area (Å²) in [5.41, 5.74) is 3.97. The van der Waals surface area contributed by atoms with Gasteiger partial charge in [0.2, 0.25) is 0 Å². The molecule has 0 bridgehead atoms. The standard InChI is InChI=1S/C17H21NOS/c1-5-17(3,4)16(13-9-7-6-8-12(13)2)14-10-11-15(18-19)20-14/h6-11,19H,5H2,1-4H3/b16-14-,18-15?. The van der Waals surface area contributed by atoms with Gasteiger partial charge in [-0.05, 0) is 47.6 Å². The molecule has 0 radical (unpaired) electrons. The van der Waals surface area contributed by atoms with E-state index in [-0.39, 0.29) is 5.41 Å². The number of nitrogens with zero attached hydrogens (tertiary/aromatic N) is 1. The quantitative estimate of drug-likeness (QED) is 0.609. The Morgan fingerprint density at radius 2 is 1.95 bits per heavy atom. The van der Waals surface area contributed by atoms with Gasteiger partial charge in [-0.1, -0.05) is 62.0 Å². The average Bonchev–Trinajstić information content (AvgIpc) is 2.89. The summed E-state index contributed by atoms with van der Waals surface area (Å²) in [5.74, 6) is 0. The van der Waals surface area contributed by atoms with Crippen LogP contribution in [0.2, 0.25) is 0 Å². The van der Waals surface area contributed by atoms with Crippen LogP contribution in [-0.2, 0) is 0 Å². The molecule has 0 saturated heterocycles. The van der Waals surface area contributed by atoms with Crippen molar-refractivity contribution in [3.05, 3.63) is 52.4 Å². The first-order valence-corrected chi connectivity index (χ1v) is 7.70. The van der Waals surface area contributed by atoms with E-state index in [1.165, 1.54) is 33.4 Å². The van der Waals surface area contributed by atoms with Crippen LogP contribution in [0.15, 0.2) is 46.5 Å². The molecule has 3 heteroatoms. The molecule has 1 aromatic rings. The maximum atomic E-state index is 8.94. The van der Waals surface area contributed by atoms with Gasteiger partial charge in [-0.2, -0.15) is 0 Å². The second-order valence-corrected chi connectivity index (χ2v) is 6.73. The van der Waals surface area contributed by atoms with Crippen LogP contribution in [0.25, 0.3) is 5.57 Å². The molecule has 1 aliphatic heterocycles. The summed E-state index contributed by atoms with van der Waals surface area (Å²) in [4.78, 5) is 1.18. The van der Waals surface area contributed by atoms with Crippen LogP contribution in [-0.4, -0.2) is 10.3 Å². The number of benzene rings is 1. The topological polar surface area (TPSA) is 32.6 Å². The molecule has 2 rings (SSSR count). The number of hydrogen-bond acceptors (Lipinski definition) is 3. The normalized spacial score (nSPS) is 19.7. The first-order valence-electron chi connectivity index (χ1n) is 6.88. The van der Waals surface area contributed by atoms with Gasteiger partial charge in [-0.3, -0.25) is 0 Å². The number of thioether (sulfide) groups is 1. The fourth-order valence-corrected chi connectivity index (χ4v) is 3.40. The maximum absolute atomic E-state index is 8.94. The number of hydrogen-bond donors (Lipinski definition) is 1. The van der Waals surface area contributed by atoms with E-state index in [1.54, 1.807) is 0 Å². The second kappa shape index (κ2) is 5.88. The molecule has 1 aliphatic rings. The van der Waals surface area contributed by atoms with Crippen molar-refractivity contribution >= 4 is 22.4 Å². The minimum absolute atomic E-state index is 0.0731. The van der Waals surface area contributed by atoms with Gasteiger partial charge >= 0.3 is 0 Å². The van der Waals surface area contributed by atoms with Crippen molar-refractivity contribution in [3.63, 3.8) is 0 Å². The molecule has 0 spiro atoms. The van der Waals surface area contributed by atoms with Gasteiger partial charge in [0.25, 0.3) is 0 Å². The Morgan fingerprint density at radius 1 is 1.25 bits per heavy atom. The number of oxime groups is 1. The summed E-state index contributed by atoms with van der Waals surface area (Å²) in [6, 6.07) is 8.47. The smallest absolute Gasteiger partial charge is 0.140 e. The zero-order valence-corrected chi connectivity index (χ0v) is 13.3. The molecule has 0 saturated carbocycles. The fourth-order valence-electron chi connectivity index (χ4n) is 2.38. The maximum Gasteiger partial charge on any atom is 0.140 e. The Balaban J connectivity index is 2.62. The lowest BCUT2D eigenvalue weighted by Gasteiger charge is -2.29. The minimum atomic E-state index is 0.0731. The lowest BCUT2D eigenvalue weighted by Crippen LogP contribution is -2.14. The Labute approximate surface area is 125 Å². The highest BCUT2D eigenvalue weighted by Gasteiger charge is 2.28. The molecule has 1 heterocycles. The van der Waals surface area contributed by atoms with Crippen molar-refractivity contribution in [3.8, 4) is 0 Å². The monoisotopic (exact) mass is 287 g/mol. The van der Waals surface area contributed by atoms with Crippen LogP contribution in [0.3, 0.4) is 0 Å². The molecule has 0 aromatic heterocycles. The van der Waals surface area contributed by atoms with Gasteiger partial charge in [0.15, 0.2) is 0 Å². The van der Waals surface area contributed by atoms with Gasteiger partial charge in [0, 0.05) is 4.91 Å². The van der Waals surface area contributed by atoms with Gasteiger partial charge in [0.05, 0.1) is 0 Å². The summed E-state index contributed by atoms with van der Waals surface area (Å²) in [6.45, 7) is 8.89. The third-order valence-corrected chi connectivity index (χ3v) is 4.90. The van der Waals surface area contributed by atoms with Crippen LogP contribution >= 0.6 is 11.8 Å². The van der Waals surface area contributed by atoms with Gasteiger partial charge in [-0.25, -0.2) is 0 Å². The predicted molar refractivity (Wildman–Crippen MR) is 88.1 cm³/mol. The highest BCUT2D eigenvalue weighted by molar-refractivity contribution is 8.18. The van der Waals surface area contributed by atoms with Gasteiger partial charge in [0.1, 0.15) is 5.04 Å². The van der Waals surface area contributed by atoms with E-state index in [0.717, 1.165) is 6.42 Å². The number of aryl methyl sites for hydroxylation is 1. The first kappa shape index (κ1) is 14.9. The van der Waals surface area contributed by atoms with Crippen LogP contribution < -0.4 is 0 Å². The SMILES string of the molecule is CCC(C)(C)/C(=C1/C=CC(=NO)S1)c1ccccc1C. The lowest BCUT2D eigenvalue weighted by atomic mass is 9.76. The first-order chi connectivity index (χ1) is 9.49. The van der Waals surface area contributed by atoms with Crippen molar-refractivity contribution in [1.82, 2.24) is 0 Å². The largest absolute Gasteiger partial charge is 0.410 e. The fraction of sp³-hybridized carbons (Fsp3) is 0.353. The Kier molecular flexibility index (Phi) is 4.39. The molecule has 0 aliphatic carbocycles. The third-order valence-electron chi connectivity index (χ3n) is 3.91. The van der Waals surface area contributed by atoms with E-state index >= 15 is 0 Å². The van der Waals surface area contributed by atoms with E-state index in [4.69, 9.17) is 5.21 Å². The van der Waals surface area contributed by atoms with Gasteiger partial charge < -0.3 is 5.21 Å². The molecule has 0 amide bonds. The number of rotatable bonds is 3. The molecule has 0 unspecified atom stereocenters. The summed E-state index contributed by atoms with van der Waals surface area (Å²) in [7, 11) is 0. The third kappa shape index (κ3) is 2.83. The number of allylic oxidation sites excluding steroid dienone is 2. The van der Waals surface area contributed by atoms with E-state index in [1.807, 2.05) is 6.08 Å². The van der Waals surface area contributed by atoms with Crippen LogP contribution in [0.5, 0.6) is 0 Å². The van der Waals surface area contributed by atoms with E-state index in [0.29, 0.717) is 5.04 Å². The molecular formula is C17H21NOS. The highest BCUT2D eigenvalue weighted by Crippen LogP contribution is 2.46. The Morgan fingerprint density at radius 3 is 2.50 bits per heavy atom. The van der Waals surface area contributed by atoms with Crippen molar-refractivity contribution in [2.75, 3.05) is 0 Å². The minimum Gasteiger partial charge on any atom is -0.410 e. The molecule has 20 heavy (non-hydrogen) atoms. The predicted octanol–water partition coefficient (Wildman–Crippen LogP) is 5.23. The van der Waals surface area contributed by atoms with Crippen LogP contribution in [0.4, 0.5) is 0 Å². The zero-order valence-electron chi connectivity index (χ0n) is 12.5. The van der Waals surface area contributed by atoms with E-state index in [2.05, 4.69) is 63.2 Å². The summed E-state index contributed by atoms with van der Waals surface area (Å²) >= 11 is 1.53. The second-order valence-electron chi connectivity index (χ2n) is 5.67. The zero-order chi connectivity index (χ0) is 14.8. The molecule has 1 aromatic carbocycles. The summed E-state index contributed by atoms with van der Waals surface area (Å²) in [5, 5.41) is 12.9. The molecule has 0 fully saturated rings.